The van der Waals surface area contributed by atoms with Crippen LogP contribution in [-0.4, -0.2) is 15.7 Å². The van der Waals surface area contributed by atoms with Crippen molar-refractivity contribution >= 4 is 17.5 Å². The van der Waals surface area contributed by atoms with Crippen LogP contribution in [0.3, 0.4) is 0 Å². The van der Waals surface area contributed by atoms with E-state index in [0.717, 1.165) is 35.6 Å². The number of nitrogens with zero attached hydrogens (tertiary/aromatic N) is 2. The van der Waals surface area contributed by atoms with Gasteiger partial charge in [-0.05, 0) is 29.4 Å². The Morgan fingerprint density at radius 1 is 1.11 bits per heavy atom. The van der Waals surface area contributed by atoms with Crippen LogP contribution in [-0.2, 0) is 22.2 Å². The number of ether oxygens (including phenoxy) is 1. The molecule has 1 N–H and O–H groups in total. The maximum atomic E-state index is 11.8. The summed E-state index contributed by atoms with van der Waals surface area (Å²) in [6.07, 6.45) is 3.02. The molecule has 0 bridgehead atoms. The predicted molar refractivity (Wildman–Crippen MR) is 111 cm³/mol. The monoisotopic (exact) mass is 371 g/mol. The molecule has 148 valence electrons. The highest BCUT2D eigenvalue weighted by molar-refractivity contribution is 5.73. The number of benzene rings is 1. The van der Waals surface area contributed by atoms with E-state index in [1.807, 2.05) is 16.9 Å². The minimum Gasteiger partial charge on any atom is -0.426 e. The van der Waals surface area contributed by atoms with Gasteiger partial charge in [0.05, 0.1) is 0 Å². The molecular weight excluding hydrogens is 338 g/mol. The molecule has 0 radical (unpaired) electrons. The van der Waals surface area contributed by atoms with Gasteiger partial charge < -0.3 is 10.1 Å². The van der Waals surface area contributed by atoms with E-state index in [2.05, 4.69) is 71.0 Å². The Labute approximate surface area is 163 Å². The molecule has 2 aromatic rings. The minimum atomic E-state index is -0.301. The zero-order valence-corrected chi connectivity index (χ0v) is 17.9. The number of carbonyl (C=O) groups excluding carboxylic acids is 1. The molecule has 27 heavy (non-hydrogen) atoms. The molecule has 2 rings (SSSR count). The first-order valence-corrected chi connectivity index (χ1v) is 9.59. The fourth-order valence-corrected chi connectivity index (χ4v) is 3.00. The van der Waals surface area contributed by atoms with Crippen LogP contribution in [0.25, 0.3) is 0 Å². The van der Waals surface area contributed by atoms with E-state index in [1.54, 1.807) is 0 Å². The highest BCUT2D eigenvalue weighted by atomic mass is 16.5. The summed E-state index contributed by atoms with van der Waals surface area (Å²) < 4.78 is 7.62. The van der Waals surface area contributed by atoms with Crippen molar-refractivity contribution in [1.82, 2.24) is 9.78 Å². The number of rotatable bonds is 5. The van der Waals surface area contributed by atoms with Gasteiger partial charge in [-0.3, -0.25) is 9.48 Å². The zero-order valence-electron chi connectivity index (χ0n) is 17.9. The van der Waals surface area contributed by atoms with Crippen molar-refractivity contribution in [1.29, 1.82) is 0 Å². The smallest absolute Gasteiger partial charge is 0.308 e. The van der Waals surface area contributed by atoms with E-state index in [1.165, 1.54) is 6.92 Å². The van der Waals surface area contributed by atoms with Crippen LogP contribution in [0.1, 0.15) is 72.9 Å². The first-order chi connectivity index (χ1) is 12.4. The molecule has 0 saturated heterocycles. The molecule has 5 heteroatoms. The van der Waals surface area contributed by atoms with Crippen LogP contribution < -0.4 is 10.1 Å². The van der Waals surface area contributed by atoms with Crippen molar-refractivity contribution in [3.8, 4) is 5.75 Å². The Bertz CT molecular complexity index is 773. The Morgan fingerprint density at radius 3 is 2.11 bits per heavy atom. The minimum absolute atomic E-state index is 0.177. The van der Waals surface area contributed by atoms with Gasteiger partial charge in [0.1, 0.15) is 5.75 Å². The summed E-state index contributed by atoms with van der Waals surface area (Å²) in [7, 11) is 0. The first-order valence-electron chi connectivity index (χ1n) is 9.59. The molecule has 0 aliphatic heterocycles. The SMILES string of the molecule is CCCn1ccc(Nc2cc(C(C)(C)C)c(OC(C)=O)c(C(C)(C)C)c2)n1. The number of nitrogens with one attached hydrogen (secondary N) is 1. The van der Waals surface area contributed by atoms with Gasteiger partial charge in [0, 0.05) is 42.5 Å². The van der Waals surface area contributed by atoms with Crippen LogP contribution in [0.15, 0.2) is 24.4 Å². The molecule has 5 nitrogen and oxygen atoms in total. The maximum absolute atomic E-state index is 11.8. The highest BCUT2D eigenvalue weighted by Crippen LogP contribution is 2.42. The van der Waals surface area contributed by atoms with Crippen molar-refractivity contribution in [3.05, 3.63) is 35.5 Å². The Kier molecular flexibility index (Phi) is 6.03. The van der Waals surface area contributed by atoms with Crippen molar-refractivity contribution in [2.24, 2.45) is 0 Å². The number of esters is 1. The van der Waals surface area contributed by atoms with Gasteiger partial charge in [-0.15, -0.1) is 0 Å². The molecule has 0 saturated carbocycles. The van der Waals surface area contributed by atoms with Crippen LogP contribution in [0.2, 0.25) is 0 Å². The normalized spacial score (nSPS) is 12.1. The third-order valence-corrected chi connectivity index (χ3v) is 4.32. The maximum Gasteiger partial charge on any atom is 0.308 e. The van der Waals surface area contributed by atoms with Crippen molar-refractivity contribution in [2.45, 2.75) is 79.2 Å². The average molecular weight is 372 g/mol. The standard InChI is InChI=1S/C22H33N3O2/c1-9-11-25-12-10-19(24-25)23-16-13-17(21(3,4)5)20(27-15(2)26)18(14-16)22(6,7)8/h10,12-14H,9,11H2,1-8H3,(H,23,24). The average Bonchev–Trinajstić information content (AvgIpc) is 2.93. The summed E-state index contributed by atoms with van der Waals surface area (Å²) in [5, 5.41) is 7.99. The summed E-state index contributed by atoms with van der Waals surface area (Å²) in [5.74, 6) is 1.18. The summed E-state index contributed by atoms with van der Waals surface area (Å²) in [5.41, 5.74) is 2.59. The van der Waals surface area contributed by atoms with E-state index in [4.69, 9.17) is 4.74 Å². The molecule has 1 aromatic heterocycles. The molecule has 0 fully saturated rings. The zero-order chi connectivity index (χ0) is 20.4. The number of hydrogen-bond acceptors (Lipinski definition) is 4. The highest BCUT2D eigenvalue weighted by Gasteiger charge is 2.29. The van der Waals surface area contributed by atoms with Crippen LogP contribution >= 0.6 is 0 Å². The molecule has 1 heterocycles. The quantitative estimate of drug-likeness (QED) is 0.552. The second kappa shape index (κ2) is 7.75. The van der Waals surface area contributed by atoms with Gasteiger partial charge in [0.15, 0.2) is 5.82 Å². The predicted octanol–water partition coefficient (Wildman–Crippen LogP) is 5.56. The van der Waals surface area contributed by atoms with Gasteiger partial charge >= 0.3 is 5.97 Å². The summed E-state index contributed by atoms with van der Waals surface area (Å²) in [4.78, 5) is 11.8. The molecule has 0 atom stereocenters. The Hall–Kier alpha value is -2.30. The van der Waals surface area contributed by atoms with E-state index in [0.29, 0.717) is 5.75 Å². The number of aryl methyl sites for hydroxylation is 1. The molecule has 0 aliphatic rings. The van der Waals surface area contributed by atoms with Gasteiger partial charge in [0.2, 0.25) is 0 Å². The fraction of sp³-hybridized carbons (Fsp3) is 0.545. The van der Waals surface area contributed by atoms with Crippen molar-refractivity contribution in [2.75, 3.05) is 5.32 Å². The topological polar surface area (TPSA) is 56.2 Å². The molecular formula is C22H33N3O2. The number of aromatic nitrogens is 2. The lowest BCUT2D eigenvalue weighted by atomic mass is 9.79. The lowest BCUT2D eigenvalue weighted by molar-refractivity contribution is -0.132. The summed E-state index contributed by atoms with van der Waals surface area (Å²) in [6, 6.07) is 6.10. The molecule has 0 aliphatic carbocycles. The number of hydrogen-bond donors (Lipinski definition) is 1. The van der Waals surface area contributed by atoms with Gasteiger partial charge in [-0.25, -0.2) is 0 Å². The summed E-state index contributed by atoms with van der Waals surface area (Å²) >= 11 is 0. The van der Waals surface area contributed by atoms with E-state index in [9.17, 15) is 4.79 Å². The van der Waals surface area contributed by atoms with Crippen LogP contribution in [0, 0.1) is 0 Å². The number of carbonyl (C=O) groups is 1. The summed E-state index contributed by atoms with van der Waals surface area (Å²) in [6.45, 7) is 17.2. The van der Waals surface area contributed by atoms with E-state index >= 15 is 0 Å². The third kappa shape index (κ3) is 5.34. The second-order valence-electron chi connectivity index (χ2n) is 9.08. The number of anilines is 2. The van der Waals surface area contributed by atoms with Gasteiger partial charge in [-0.1, -0.05) is 48.5 Å². The van der Waals surface area contributed by atoms with Gasteiger partial charge in [-0.2, -0.15) is 5.10 Å². The van der Waals surface area contributed by atoms with E-state index in [-0.39, 0.29) is 16.8 Å². The second-order valence-corrected chi connectivity index (χ2v) is 9.08. The lowest BCUT2D eigenvalue weighted by Crippen LogP contribution is -2.21. The van der Waals surface area contributed by atoms with E-state index < -0.39 is 0 Å². The largest absolute Gasteiger partial charge is 0.426 e. The molecule has 0 unspecified atom stereocenters. The molecule has 1 aromatic carbocycles. The third-order valence-electron chi connectivity index (χ3n) is 4.32. The van der Waals surface area contributed by atoms with Crippen molar-refractivity contribution in [3.63, 3.8) is 0 Å². The van der Waals surface area contributed by atoms with Crippen LogP contribution in [0.4, 0.5) is 11.5 Å². The van der Waals surface area contributed by atoms with Crippen molar-refractivity contribution < 1.29 is 9.53 Å². The fourth-order valence-electron chi connectivity index (χ4n) is 3.00. The van der Waals surface area contributed by atoms with Crippen LogP contribution in [0.5, 0.6) is 5.75 Å². The first kappa shape index (κ1) is 21.0. The Balaban J connectivity index is 2.56. The Morgan fingerprint density at radius 2 is 1.67 bits per heavy atom. The van der Waals surface area contributed by atoms with Gasteiger partial charge in [0.25, 0.3) is 0 Å². The molecule has 0 amide bonds. The lowest BCUT2D eigenvalue weighted by Gasteiger charge is -2.30. The molecule has 0 spiro atoms.